The molecule has 5 aromatic rings. The van der Waals surface area contributed by atoms with E-state index in [0.29, 0.717) is 58.7 Å². The standard InChI is InChI=1S/C54H62N4O10S/c1-5-27-57(69(63,64)49-17-11-14-39-15-12-26-55-53(39)49)50-34-47(56-66-35-38-19-21-41(22-20-38)58(61)62)45-32-40(13-7-9-28-59)44(16-8-10-29-60)51-46-33-43(67-42-23-18-36(3)37(4)31-42)24-25-48(46)68-54(50,52(45)51)65-30-6-2/h6,11-12,14-15,17-26,31-33,40,44,50-52,59-60H,2,5,7-10,13,16,27-30,34-35H2,1,3-4H3/t40-,44+,50-,51+,52+,54+/m0/s1. The van der Waals surface area contributed by atoms with Crippen molar-refractivity contribution in [2.24, 2.45) is 22.9 Å². The third-order valence-electron chi connectivity index (χ3n) is 13.9. The van der Waals surface area contributed by atoms with E-state index in [1.54, 1.807) is 42.6 Å². The van der Waals surface area contributed by atoms with Crippen LogP contribution in [-0.2, 0) is 26.2 Å². The number of rotatable bonds is 22. The van der Waals surface area contributed by atoms with Crippen LogP contribution in [0.3, 0.4) is 0 Å². The number of hydrogen-bond acceptors (Lipinski definition) is 12. The van der Waals surface area contributed by atoms with Crippen molar-refractivity contribution in [2.45, 2.75) is 101 Å². The minimum absolute atomic E-state index is 0.00742. The zero-order valence-electron chi connectivity index (χ0n) is 39.5. The Bertz CT molecular complexity index is 2810. The van der Waals surface area contributed by atoms with Crippen LogP contribution in [0.15, 0.2) is 132 Å². The number of unbranched alkanes of at least 4 members (excludes halogenated alkanes) is 2. The van der Waals surface area contributed by atoms with Gasteiger partial charge in [0.25, 0.3) is 5.69 Å². The van der Waals surface area contributed by atoms with Crippen molar-refractivity contribution >= 4 is 32.3 Å². The van der Waals surface area contributed by atoms with Gasteiger partial charge in [-0.25, -0.2) is 8.42 Å². The van der Waals surface area contributed by atoms with E-state index in [-0.39, 0.29) is 67.7 Å². The van der Waals surface area contributed by atoms with E-state index in [0.717, 1.165) is 47.9 Å². The smallest absolute Gasteiger partial charge is 0.269 e. The van der Waals surface area contributed by atoms with Gasteiger partial charge in [-0.2, -0.15) is 4.31 Å². The maximum atomic E-state index is 15.7. The number of aromatic nitrogens is 1. The Balaban J connectivity index is 1.36. The molecule has 3 aliphatic rings. The molecule has 14 nitrogen and oxygen atoms in total. The minimum Gasteiger partial charge on any atom is -0.460 e. The molecule has 2 heterocycles. The van der Waals surface area contributed by atoms with Gasteiger partial charge in [0.2, 0.25) is 15.8 Å². The lowest BCUT2D eigenvalue weighted by atomic mass is 9.55. The molecule has 0 bridgehead atoms. The number of non-ortho nitro benzene ring substituents is 1. The number of aliphatic hydroxyl groups is 2. The topological polar surface area (TPSA) is 183 Å². The van der Waals surface area contributed by atoms with Gasteiger partial charge in [0.15, 0.2) is 0 Å². The largest absolute Gasteiger partial charge is 0.460 e. The van der Waals surface area contributed by atoms with Crippen molar-refractivity contribution in [2.75, 3.05) is 26.4 Å². The van der Waals surface area contributed by atoms with Crippen LogP contribution in [0.2, 0.25) is 0 Å². The average molecular weight is 959 g/mol. The van der Waals surface area contributed by atoms with E-state index in [1.165, 1.54) is 16.4 Å². The van der Waals surface area contributed by atoms with E-state index in [1.807, 2.05) is 62.4 Å². The molecule has 8 rings (SSSR count). The summed E-state index contributed by atoms with van der Waals surface area (Å²) in [6.07, 6.45) is 10.1. The number of allylic oxidation sites excluding steroid dienone is 1. The van der Waals surface area contributed by atoms with Crippen LogP contribution in [0.5, 0.6) is 17.2 Å². The summed E-state index contributed by atoms with van der Waals surface area (Å²) in [6.45, 7) is 10.3. The summed E-state index contributed by atoms with van der Waals surface area (Å²) >= 11 is 0. The summed E-state index contributed by atoms with van der Waals surface area (Å²) in [5, 5.41) is 37.1. The average Bonchev–Trinajstić information content (AvgIpc) is 3.35. The number of oxime groups is 1. The van der Waals surface area contributed by atoms with Crippen LogP contribution in [0.4, 0.5) is 5.69 Å². The fourth-order valence-corrected chi connectivity index (χ4v) is 12.5. The van der Waals surface area contributed by atoms with Gasteiger partial charge in [-0.1, -0.05) is 61.3 Å². The second-order valence-electron chi connectivity index (χ2n) is 18.3. The molecule has 15 heteroatoms. The van der Waals surface area contributed by atoms with Gasteiger partial charge in [-0.15, -0.1) is 6.58 Å². The number of nitro groups is 1. The SMILES string of the molecule is C=CCO[C@@]12Oc3ccc(Oc4ccc(C)c(C)c4)cc3[C@H]3[C@H](CCCCO)[C@@H](CCCCO)C=C(C(=NOCc4ccc([N+](=O)[O-])cc4)C[C@@H]1N(CCC)S(=O)(=O)c1cccc4cccnc14)[C@H]32. The third-order valence-corrected chi connectivity index (χ3v) is 15.8. The maximum Gasteiger partial charge on any atom is 0.269 e. The van der Waals surface area contributed by atoms with Gasteiger partial charge < -0.3 is 29.3 Å². The first-order valence-corrected chi connectivity index (χ1v) is 25.4. The number of nitro benzene ring substituents is 1. The van der Waals surface area contributed by atoms with Crippen LogP contribution in [0.25, 0.3) is 10.9 Å². The number of hydrogen-bond donors (Lipinski definition) is 2. The molecule has 0 unspecified atom stereocenters. The van der Waals surface area contributed by atoms with Gasteiger partial charge in [0, 0.05) is 61.4 Å². The van der Waals surface area contributed by atoms with Crippen molar-refractivity contribution < 1.29 is 42.6 Å². The number of aliphatic hydroxyl groups excluding tert-OH is 2. The molecule has 1 saturated carbocycles. The summed E-state index contributed by atoms with van der Waals surface area (Å²) in [4.78, 5) is 21.8. The van der Waals surface area contributed by atoms with Crippen molar-refractivity contribution in [1.29, 1.82) is 0 Å². The van der Waals surface area contributed by atoms with E-state index in [2.05, 4.69) is 24.6 Å². The number of pyridine rings is 1. The first-order valence-electron chi connectivity index (χ1n) is 24.0. The van der Waals surface area contributed by atoms with Gasteiger partial charge in [0.1, 0.15) is 28.8 Å². The highest BCUT2D eigenvalue weighted by molar-refractivity contribution is 7.89. The van der Waals surface area contributed by atoms with Gasteiger partial charge in [-0.05, 0) is 135 Å². The minimum atomic E-state index is -4.36. The molecule has 1 fully saturated rings. The fourth-order valence-electron chi connectivity index (χ4n) is 10.6. The lowest BCUT2D eigenvalue weighted by Crippen LogP contribution is -2.70. The maximum absolute atomic E-state index is 15.7. The molecule has 0 spiro atoms. The molecular formula is C54H62N4O10S. The summed E-state index contributed by atoms with van der Waals surface area (Å²) in [5.74, 6) is -0.920. The molecule has 6 atom stereocenters. The molecule has 1 aromatic heterocycles. The molecule has 1 aliphatic heterocycles. The lowest BCUT2D eigenvalue weighted by Gasteiger charge is -2.59. The Morgan fingerprint density at radius 3 is 2.42 bits per heavy atom. The van der Waals surface area contributed by atoms with E-state index >= 15 is 8.42 Å². The zero-order chi connectivity index (χ0) is 48.7. The van der Waals surface area contributed by atoms with Crippen molar-refractivity contribution in [3.8, 4) is 17.2 Å². The predicted octanol–water partition coefficient (Wildman–Crippen LogP) is 10.5. The van der Waals surface area contributed by atoms with Crippen LogP contribution in [0.1, 0.15) is 86.5 Å². The zero-order valence-corrected chi connectivity index (χ0v) is 40.4. The van der Waals surface area contributed by atoms with Gasteiger partial charge in [-0.3, -0.25) is 15.1 Å². The molecule has 0 amide bonds. The summed E-state index contributed by atoms with van der Waals surface area (Å²) in [6, 6.07) is 25.6. The number of ether oxygens (including phenoxy) is 3. The number of aryl methyl sites for hydroxylation is 2. The Morgan fingerprint density at radius 1 is 0.957 bits per heavy atom. The van der Waals surface area contributed by atoms with Crippen molar-refractivity contribution in [3.05, 3.63) is 154 Å². The van der Waals surface area contributed by atoms with E-state index in [4.69, 9.17) is 24.2 Å². The van der Waals surface area contributed by atoms with Crippen molar-refractivity contribution in [3.63, 3.8) is 0 Å². The van der Waals surface area contributed by atoms with Crippen LogP contribution in [0, 0.1) is 41.7 Å². The molecule has 2 aliphatic carbocycles. The summed E-state index contributed by atoms with van der Waals surface area (Å²) < 4.78 is 54.0. The molecule has 364 valence electrons. The monoisotopic (exact) mass is 958 g/mol. The summed E-state index contributed by atoms with van der Waals surface area (Å²) in [5.41, 5.74) is 5.41. The number of nitrogens with zero attached hydrogens (tertiary/aromatic N) is 4. The van der Waals surface area contributed by atoms with Crippen molar-refractivity contribution in [1.82, 2.24) is 9.29 Å². The predicted molar refractivity (Wildman–Crippen MR) is 265 cm³/mol. The highest BCUT2D eigenvalue weighted by atomic mass is 32.2. The molecule has 0 saturated heterocycles. The quantitative estimate of drug-likeness (QED) is 0.0291. The Hall–Kier alpha value is -5.97. The first kappa shape index (κ1) is 49.5. The van der Waals surface area contributed by atoms with Crippen LogP contribution < -0.4 is 9.47 Å². The van der Waals surface area contributed by atoms with Crippen LogP contribution in [-0.4, -0.2) is 76.7 Å². The number of fused-ring (bicyclic) bond motifs is 3. The lowest BCUT2D eigenvalue weighted by molar-refractivity contribution is -0.384. The molecular weight excluding hydrogens is 897 g/mol. The van der Waals surface area contributed by atoms with Gasteiger partial charge in [0.05, 0.1) is 34.7 Å². The number of benzene rings is 4. The Labute approximate surface area is 404 Å². The normalized spacial score (nSPS) is 22.4. The Morgan fingerprint density at radius 2 is 1.70 bits per heavy atom. The number of sulfonamides is 1. The van der Waals surface area contributed by atoms with Gasteiger partial charge >= 0.3 is 0 Å². The van der Waals surface area contributed by atoms with E-state index < -0.39 is 32.7 Å². The molecule has 0 radical (unpaired) electrons. The van der Waals surface area contributed by atoms with E-state index in [9.17, 15) is 20.3 Å². The second kappa shape index (κ2) is 21.8. The third kappa shape index (κ3) is 10.2. The second-order valence-corrected chi connectivity index (χ2v) is 20.1. The molecule has 4 aromatic carbocycles. The molecule has 69 heavy (non-hydrogen) atoms. The fraction of sp³-hybridized carbons (Fsp3) is 0.407. The summed E-state index contributed by atoms with van der Waals surface area (Å²) in [7, 11) is -4.36. The highest BCUT2D eigenvalue weighted by Gasteiger charge is 2.66. The highest BCUT2D eigenvalue weighted by Crippen LogP contribution is 2.62. The Kier molecular flexibility index (Phi) is 15.6. The number of para-hydroxylation sites is 1. The van der Waals surface area contributed by atoms with Crippen LogP contribution >= 0.6 is 0 Å². The molecule has 2 N–H and O–H groups in total. The first-order chi connectivity index (χ1) is 33.4.